The molecule has 0 N–H and O–H groups in total. The van der Waals surface area contributed by atoms with E-state index in [9.17, 15) is 0 Å². The van der Waals surface area contributed by atoms with E-state index in [2.05, 4.69) is 9.97 Å². The second-order valence-electron chi connectivity index (χ2n) is 2.41. The van der Waals surface area contributed by atoms with Crippen molar-refractivity contribution in [3.63, 3.8) is 0 Å². The summed E-state index contributed by atoms with van der Waals surface area (Å²) in [4.78, 5) is 8.30. The van der Waals surface area contributed by atoms with Gasteiger partial charge in [0.2, 0.25) is 11.8 Å². The van der Waals surface area contributed by atoms with Crippen molar-refractivity contribution in [2.45, 2.75) is 13.8 Å². The lowest BCUT2D eigenvalue weighted by atomic mass is 10.4. The van der Waals surface area contributed by atoms with E-state index in [-0.39, 0.29) is 0 Å². The molecule has 1 aromatic rings. The maximum Gasteiger partial charge on any atom is 0.238 e. The maximum absolute atomic E-state index is 4.99. The Morgan fingerprint density at radius 3 is 1.58 bits per heavy atom. The smallest absolute Gasteiger partial charge is 0.238 e. The van der Waals surface area contributed by atoms with Crippen molar-refractivity contribution in [1.29, 1.82) is 0 Å². The van der Waals surface area contributed by atoms with E-state index in [1.54, 1.807) is 14.2 Å². The van der Waals surface area contributed by atoms with Crippen LogP contribution in [0, 0.1) is 13.8 Å². The van der Waals surface area contributed by atoms with Gasteiger partial charge in [-0.3, -0.25) is 0 Å². The number of methoxy groups -OCH3 is 2. The summed E-state index contributed by atoms with van der Waals surface area (Å²) >= 11 is 0. The van der Waals surface area contributed by atoms with E-state index in [4.69, 9.17) is 9.47 Å². The van der Waals surface area contributed by atoms with Crippen molar-refractivity contribution >= 4 is 0 Å². The van der Waals surface area contributed by atoms with Gasteiger partial charge < -0.3 is 9.47 Å². The first kappa shape index (κ1) is 8.77. The van der Waals surface area contributed by atoms with Crippen LogP contribution in [0.4, 0.5) is 0 Å². The quantitative estimate of drug-likeness (QED) is 0.663. The number of aryl methyl sites for hydroxylation is 2. The molecule has 1 rings (SSSR count). The molecule has 0 saturated carbocycles. The highest BCUT2D eigenvalue weighted by Gasteiger charge is 2.07. The summed E-state index contributed by atoms with van der Waals surface area (Å²) in [6, 6.07) is 0. The van der Waals surface area contributed by atoms with Crippen molar-refractivity contribution in [2.24, 2.45) is 0 Å². The zero-order chi connectivity index (χ0) is 9.14. The van der Waals surface area contributed by atoms with Gasteiger partial charge in [0.05, 0.1) is 25.6 Å². The Morgan fingerprint density at radius 1 is 0.833 bits per heavy atom. The third kappa shape index (κ3) is 1.47. The zero-order valence-electron chi connectivity index (χ0n) is 7.71. The molecule has 0 spiro atoms. The molecule has 0 aliphatic rings. The Kier molecular flexibility index (Phi) is 2.47. The molecule has 0 atom stereocenters. The molecule has 0 aliphatic carbocycles. The van der Waals surface area contributed by atoms with Gasteiger partial charge >= 0.3 is 0 Å². The molecule has 1 heterocycles. The number of hydrogen-bond donors (Lipinski definition) is 0. The second kappa shape index (κ2) is 3.38. The molecule has 1 aromatic heterocycles. The summed E-state index contributed by atoms with van der Waals surface area (Å²) in [5.74, 6) is 1.02. The SMILES string of the molecule is COc1nc(OC)c(C)nc1C. The van der Waals surface area contributed by atoms with Crippen LogP contribution in [0.1, 0.15) is 11.4 Å². The monoisotopic (exact) mass is 168 g/mol. The van der Waals surface area contributed by atoms with Gasteiger partial charge in [-0.15, -0.1) is 0 Å². The van der Waals surface area contributed by atoms with Crippen LogP contribution in [0.3, 0.4) is 0 Å². The Hall–Kier alpha value is -1.32. The lowest BCUT2D eigenvalue weighted by molar-refractivity contribution is 0.355. The van der Waals surface area contributed by atoms with Gasteiger partial charge in [0.25, 0.3) is 0 Å². The van der Waals surface area contributed by atoms with Crippen LogP contribution in [-0.2, 0) is 0 Å². The highest BCUT2D eigenvalue weighted by Crippen LogP contribution is 2.19. The third-order valence-electron chi connectivity index (χ3n) is 1.54. The molecule has 4 heteroatoms. The first-order chi connectivity index (χ1) is 5.69. The fourth-order valence-corrected chi connectivity index (χ4v) is 0.988. The predicted octanol–water partition coefficient (Wildman–Crippen LogP) is 1.11. The fourth-order valence-electron chi connectivity index (χ4n) is 0.988. The van der Waals surface area contributed by atoms with Crippen molar-refractivity contribution in [1.82, 2.24) is 9.97 Å². The Morgan fingerprint density at radius 2 is 1.25 bits per heavy atom. The Balaban J connectivity index is 3.18. The van der Waals surface area contributed by atoms with Crippen LogP contribution in [0.2, 0.25) is 0 Å². The summed E-state index contributed by atoms with van der Waals surface area (Å²) in [7, 11) is 3.12. The molecule has 0 unspecified atom stereocenters. The Bertz CT molecular complexity index is 261. The average molecular weight is 168 g/mol. The molecule has 0 amide bonds. The van der Waals surface area contributed by atoms with Crippen LogP contribution in [0.15, 0.2) is 0 Å². The highest BCUT2D eigenvalue weighted by atomic mass is 16.5. The molecule has 0 saturated heterocycles. The van der Waals surface area contributed by atoms with Crippen LogP contribution in [0.5, 0.6) is 11.8 Å². The summed E-state index contributed by atoms with van der Waals surface area (Å²) in [5, 5.41) is 0. The highest BCUT2D eigenvalue weighted by molar-refractivity contribution is 5.26. The summed E-state index contributed by atoms with van der Waals surface area (Å²) < 4.78 is 9.98. The summed E-state index contributed by atoms with van der Waals surface area (Å²) in [6.45, 7) is 3.69. The van der Waals surface area contributed by atoms with Crippen molar-refractivity contribution in [3.8, 4) is 11.8 Å². The van der Waals surface area contributed by atoms with Crippen LogP contribution >= 0.6 is 0 Å². The van der Waals surface area contributed by atoms with Gasteiger partial charge in [-0.2, -0.15) is 4.98 Å². The van der Waals surface area contributed by atoms with Crippen LogP contribution < -0.4 is 9.47 Å². The van der Waals surface area contributed by atoms with Crippen LogP contribution in [0.25, 0.3) is 0 Å². The molecule has 0 aliphatic heterocycles. The first-order valence-corrected chi connectivity index (χ1v) is 3.62. The van der Waals surface area contributed by atoms with E-state index in [1.165, 1.54) is 0 Å². The average Bonchev–Trinajstić information content (AvgIpc) is 2.05. The number of aromatic nitrogens is 2. The molecule has 0 bridgehead atoms. The van der Waals surface area contributed by atoms with E-state index < -0.39 is 0 Å². The first-order valence-electron chi connectivity index (χ1n) is 3.62. The fraction of sp³-hybridized carbons (Fsp3) is 0.500. The predicted molar refractivity (Wildman–Crippen MR) is 44.6 cm³/mol. The third-order valence-corrected chi connectivity index (χ3v) is 1.54. The lowest BCUT2D eigenvalue weighted by Gasteiger charge is -2.06. The molecule has 0 fully saturated rings. The molecule has 12 heavy (non-hydrogen) atoms. The van der Waals surface area contributed by atoms with Crippen molar-refractivity contribution in [2.75, 3.05) is 14.2 Å². The minimum atomic E-state index is 0.512. The standard InChI is InChI=1S/C8H12N2O2/c1-5-7(11-3)10-8(12-4)6(2)9-5/h1-4H3. The second-order valence-corrected chi connectivity index (χ2v) is 2.41. The van der Waals surface area contributed by atoms with E-state index in [1.807, 2.05) is 13.8 Å². The summed E-state index contributed by atoms with van der Waals surface area (Å²) in [6.07, 6.45) is 0. The van der Waals surface area contributed by atoms with E-state index in [0.717, 1.165) is 11.4 Å². The van der Waals surface area contributed by atoms with Gasteiger partial charge in [-0.05, 0) is 13.8 Å². The summed E-state index contributed by atoms with van der Waals surface area (Å²) in [5.41, 5.74) is 1.55. The minimum absolute atomic E-state index is 0.512. The molecule has 66 valence electrons. The van der Waals surface area contributed by atoms with E-state index in [0.29, 0.717) is 11.8 Å². The minimum Gasteiger partial charge on any atom is -0.480 e. The normalized spacial score (nSPS) is 9.67. The molecular formula is C8H12N2O2. The maximum atomic E-state index is 4.99. The van der Waals surface area contributed by atoms with Gasteiger partial charge in [0.15, 0.2) is 0 Å². The van der Waals surface area contributed by atoms with Gasteiger partial charge in [0.1, 0.15) is 0 Å². The largest absolute Gasteiger partial charge is 0.480 e. The number of rotatable bonds is 2. The van der Waals surface area contributed by atoms with Crippen molar-refractivity contribution in [3.05, 3.63) is 11.4 Å². The Labute approximate surface area is 71.6 Å². The molecule has 0 aromatic carbocycles. The van der Waals surface area contributed by atoms with E-state index >= 15 is 0 Å². The van der Waals surface area contributed by atoms with Gasteiger partial charge in [-0.25, -0.2) is 4.98 Å². The van der Waals surface area contributed by atoms with Gasteiger partial charge in [0, 0.05) is 0 Å². The topological polar surface area (TPSA) is 44.2 Å². The number of hydrogen-bond acceptors (Lipinski definition) is 4. The zero-order valence-corrected chi connectivity index (χ0v) is 7.71. The number of ether oxygens (including phenoxy) is 2. The van der Waals surface area contributed by atoms with Gasteiger partial charge in [-0.1, -0.05) is 0 Å². The van der Waals surface area contributed by atoms with Crippen LogP contribution in [-0.4, -0.2) is 24.2 Å². The van der Waals surface area contributed by atoms with Crippen molar-refractivity contribution < 1.29 is 9.47 Å². The molecular weight excluding hydrogens is 156 g/mol. The lowest BCUT2D eigenvalue weighted by Crippen LogP contribution is -2.00. The molecule has 4 nitrogen and oxygen atoms in total. The molecule has 0 radical (unpaired) electrons. The number of nitrogens with zero attached hydrogens (tertiary/aromatic N) is 2.